The Hall–Kier alpha value is -3.34. The number of rotatable bonds is 9. The molecule has 0 saturated heterocycles. The van der Waals surface area contributed by atoms with Gasteiger partial charge < -0.3 is 19.7 Å². The first kappa shape index (κ1) is 21.4. The van der Waals surface area contributed by atoms with Crippen molar-refractivity contribution >= 4 is 22.2 Å². The number of nitrogens with zero attached hydrogens (tertiary/aromatic N) is 1. The fourth-order valence-corrected chi connectivity index (χ4v) is 3.78. The summed E-state index contributed by atoms with van der Waals surface area (Å²) < 4.78 is 11.4. The molecule has 1 atom stereocenters. The lowest BCUT2D eigenvalue weighted by Gasteiger charge is -2.16. The van der Waals surface area contributed by atoms with Crippen LogP contribution in [0.5, 0.6) is 11.5 Å². The Morgan fingerprint density at radius 1 is 1.13 bits per heavy atom. The Kier molecular flexibility index (Phi) is 7.44. The third kappa shape index (κ3) is 5.83. The molecule has 0 fully saturated rings. The first-order valence-corrected chi connectivity index (χ1v) is 10.4. The molecule has 2 N–H and O–H groups in total. The molecule has 0 aliphatic carbocycles. The van der Waals surface area contributed by atoms with Crippen molar-refractivity contribution in [2.45, 2.75) is 13.2 Å². The van der Waals surface area contributed by atoms with Gasteiger partial charge in [-0.05, 0) is 35.2 Å². The first-order chi connectivity index (χ1) is 14.6. The molecule has 6 nitrogen and oxygen atoms in total. The maximum Gasteiger partial charge on any atom is 0.280 e. The summed E-state index contributed by atoms with van der Waals surface area (Å²) in [7, 11) is 3.57. The molecule has 0 aliphatic heterocycles. The summed E-state index contributed by atoms with van der Waals surface area (Å²) >= 11 is 1.35. The maximum atomic E-state index is 12.3. The Labute approximate surface area is 180 Å². The number of carbonyl (C=O) groups is 1. The van der Waals surface area contributed by atoms with Crippen LogP contribution >= 0.6 is 11.3 Å². The lowest BCUT2D eigenvalue weighted by atomic mass is 10.2. The minimum absolute atomic E-state index is 0.124. The van der Waals surface area contributed by atoms with Crippen LogP contribution < -0.4 is 19.7 Å². The molecule has 7 heteroatoms. The van der Waals surface area contributed by atoms with Gasteiger partial charge in [-0.2, -0.15) is 5.26 Å². The van der Waals surface area contributed by atoms with Gasteiger partial charge in [-0.15, -0.1) is 11.3 Å². The molecule has 30 heavy (non-hydrogen) atoms. The van der Waals surface area contributed by atoms with Crippen LogP contribution in [-0.2, 0) is 17.9 Å². The third-order valence-electron chi connectivity index (χ3n) is 4.47. The van der Waals surface area contributed by atoms with Crippen molar-refractivity contribution in [3.63, 3.8) is 0 Å². The number of likely N-dealkylation sites (N-methyl/N-ethyl adjacent to an activating group) is 1. The van der Waals surface area contributed by atoms with Gasteiger partial charge in [0.2, 0.25) is 0 Å². The molecule has 1 aromatic heterocycles. The lowest BCUT2D eigenvalue weighted by Crippen LogP contribution is -3.08. The number of amides is 1. The number of anilines is 1. The van der Waals surface area contributed by atoms with Crippen molar-refractivity contribution in [3.05, 3.63) is 76.7 Å². The molecular formula is C23H24N3O3S+. The number of nitriles is 1. The summed E-state index contributed by atoms with van der Waals surface area (Å²) in [6, 6.07) is 19.6. The van der Waals surface area contributed by atoms with Crippen LogP contribution in [0.2, 0.25) is 0 Å². The minimum Gasteiger partial charge on any atom is -0.493 e. The number of hydrogen-bond acceptors (Lipinski definition) is 5. The second-order valence-electron chi connectivity index (χ2n) is 6.89. The van der Waals surface area contributed by atoms with E-state index in [0.29, 0.717) is 35.2 Å². The average Bonchev–Trinajstić information content (AvgIpc) is 3.20. The molecule has 1 heterocycles. The zero-order valence-corrected chi connectivity index (χ0v) is 17.8. The number of quaternary nitrogens is 1. The normalized spacial score (nSPS) is 11.4. The molecule has 1 unspecified atom stereocenters. The molecule has 0 bridgehead atoms. The van der Waals surface area contributed by atoms with Crippen molar-refractivity contribution in [2.24, 2.45) is 0 Å². The van der Waals surface area contributed by atoms with Crippen LogP contribution in [0, 0.1) is 11.3 Å². The molecule has 0 aliphatic rings. The van der Waals surface area contributed by atoms with Gasteiger partial charge >= 0.3 is 0 Å². The van der Waals surface area contributed by atoms with Crippen molar-refractivity contribution in [3.8, 4) is 17.6 Å². The highest BCUT2D eigenvalue weighted by atomic mass is 32.1. The topological polar surface area (TPSA) is 75.8 Å². The van der Waals surface area contributed by atoms with Crippen LogP contribution in [0.3, 0.4) is 0 Å². The molecule has 2 aromatic carbocycles. The number of thiophene rings is 1. The van der Waals surface area contributed by atoms with Crippen LogP contribution in [0.4, 0.5) is 5.00 Å². The van der Waals surface area contributed by atoms with Crippen LogP contribution in [0.1, 0.15) is 16.7 Å². The minimum atomic E-state index is -0.124. The fraction of sp³-hybridized carbons (Fsp3) is 0.217. The molecule has 154 valence electrons. The lowest BCUT2D eigenvalue weighted by molar-refractivity contribution is -0.885. The van der Waals surface area contributed by atoms with Crippen molar-refractivity contribution in [1.82, 2.24) is 0 Å². The van der Waals surface area contributed by atoms with Crippen molar-refractivity contribution in [2.75, 3.05) is 26.0 Å². The number of carbonyl (C=O) groups excluding carboxylic acids is 1. The van der Waals surface area contributed by atoms with Gasteiger partial charge in [-0.25, -0.2) is 0 Å². The predicted octanol–water partition coefficient (Wildman–Crippen LogP) is 2.86. The summed E-state index contributed by atoms with van der Waals surface area (Å²) in [5.74, 6) is 1.22. The number of benzene rings is 2. The first-order valence-electron chi connectivity index (χ1n) is 9.51. The van der Waals surface area contributed by atoms with Crippen LogP contribution in [0.15, 0.2) is 60.0 Å². The Bertz CT molecular complexity index is 1030. The summed E-state index contributed by atoms with van der Waals surface area (Å²) in [6.45, 7) is 1.41. The Balaban J connectivity index is 1.56. The molecule has 1 amide bonds. The molecule has 0 radical (unpaired) electrons. The monoisotopic (exact) mass is 422 g/mol. The second kappa shape index (κ2) is 10.4. The molecular weight excluding hydrogens is 398 g/mol. The zero-order chi connectivity index (χ0) is 21.3. The fourth-order valence-electron chi connectivity index (χ4n) is 3.03. The van der Waals surface area contributed by atoms with Gasteiger partial charge in [0, 0.05) is 5.56 Å². The van der Waals surface area contributed by atoms with E-state index < -0.39 is 0 Å². The van der Waals surface area contributed by atoms with E-state index in [-0.39, 0.29) is 12.5 Å². The predicted molar refractivity (Wildman–Crippen MR) is 117 cm³/mol. The van der Waals surface area contributed by atoms with Gasteiger partial charge in [-0.1, -0.05) is 30.3 Å². The highest BCUT2D eigenvalue weighted by Gasteiger charge is 2.15. The van der Waals surface area contributed by atoms with Crippen LogP contribution in [0.25, 0.3) is 0 Å². The summed E-state index contributed by atoms with van der Waals surface area (Å²) in [5, 5.41) is 14.2. The third-order valence-corrected chi connectivity index (χ3v) is 5.30. The van der Waals surface area contributed by atoms with E-state index in [1.54, 1.807) is 18.6 Å². The number of ether oxygens (including phenoxy) is 2. The SMILES string of the molecule is COc1cc(C[NH+](C)CC(=O)Nc2sccc2C#N)ccc1OCc1ccccc1. The zero-order valence-electron chi connectivity index (χ0n) is 17.0. The highest BCUT2D eigenvalue weighted by Crippen LogP contribution is 2.28. The molecule has 0 saturated carbocycles. The highest BCUT2D eigenvalue weighted by molar-refractivity contribution is 7.14. The largest absolute Gasteiger partial charge is 0.493 e. The summed E-state index contributed by atoms with van der Waals surface area (Å²) in [5.41, 5.74) is 2.61. The van der Waals surface area contributed by atoms with Crippen LogP contribution in [-0.4, -0.2) is 26.6 Å². The Morgan fingerprint density at radius 3 is 2.67 bits per heavy atom. The standard InChI is InChI=1S/C23H23N3O3S/c1-26(15-22(27)25-23-19(13-24)10-11-30-23)14-18-8-9-20(21(12-18)28-2)29-16-17-6-4-3-5-7-17/h3-12H,14-16H2,1-2H3,(H,25,27)/p+1. The molecule has 3 rings (SSSR count). The quantitative estimate of drug-likeness (QED) is 0.556. The molecule has 0 spiro atoms. The van der Waals surface area contributed by atoms with E-state index in [1.807, 2.05) is 55.6 Å². The van der Waals surface area contributed by atoms with E-state index in [1.165, 1.54) is 11.3 Å². The van der Waals surface area contributed by atoms with Gasteiger partial charge in [0.15, 0.2) is 18.0 Å². The number of methoxy groups -OCH3 is 1. The van der Waals surface area contributed by atoms with Crippen molar-refractivity contribution < 1.29 is 19.2 Å². The maximum absolute atomic E-state index is 12.3. The van der Waals surface area contributed by atoms with E-state index in [2.05, 4.69) is 11.4 Å². The summed E-state index contributed by atoms with van der Waals surface area (Å²) in [6.07, 6.45) is 0. The van der Waals surface area contributed by atoms with Gasteiger partial charge in [0.1, 0.15) is 24.2 Å². The number of nitrogens with one attached hydrogen (secondary N) is 2. The summed E-state index contributed by atoms with van der Waals surface area (Å²) in [4.78, 5) is 13.3. The number of hydrogen-bond donors (Lipinski definition) is 2. The van der Waals surface area contributed by atoms with E-state index in [0.717, 1.165) is 16.0 Å². The van der Waals surface area contributed by atoms with Gasteiger partial charge in [0.05, 0.1) is 19.7 Å². The second-order valence-corrected chi connectivity index (χ2v) is 7.81. The average molecular weight is 423 g/mol. The van der Waals surface area contributed by atoms with E-state index in [9.17, 15) is 4.79 Å². The Morgan fingerprint density at radius 2 is 1.93 bits per heavy atom. The smallest absolute Gasteiger partial charge is 0.280 e. The molecule has 3 aromatic rings. The van der Waals surface area contributed by atoms with Crippen molar-refractivity contribution in [1.29, 1.82) is 5.26 Å². The van der Waals surface area contributed by atoms with Gasteiger partial charge in [-0.3, -0.25) is 4.79 Å². The van der Waals surface area contributed by atoms with E-state index in [4.69, 9.17) is 14.7 Å². The van der Waals surface area contributed by atoms with Gasteiger partial charge in [0.25, 0.3) is 5.91 Å². The van der Waals surface area contributed by atoms with E-state index >= 15 is 0 Å².